The predicted octanol–water partition coefficient (Wildman–Crippen LogP) is 4.60. The van der Waals surface area contributed by atoms with Crippen molar-refractivity contribution in [3.63, 3.8) is 0 Å². The molecule has 2 aromatic carbocycles. The molecule has 0 atom stereocenters. The van der Waals surface area contributed by atoms with E-state index in [4.69, 9.17) is 16.6 Å². The Bertz CT molecular complexity index is 1070. The summed E-state index contributed by atoms with van der Waals surface area (Å²) >= 11 is 5.20. The highest BCUT2D eigenvalue weighted by atomic mass is 32.1. The Hall–Kier alpha value is -3.52. The van der Waals surface area contributed by atoms with Gasteiger partial charge in [0.05, 0.1) is 4.92 Å². The maximum Gasteiger partial charge on any atom is 0.293 e. The monoisotopic (exact) mass is 395 g/mol. The molecular formula is C20H17N3O4S. The number of non-ortho nitro benzene ring substituents is 1. The first-order valence-electron chi connectivity index (χ1n) is 8.38. The summed E-state index contributed by atoms with van der Waals surface area (Å²) in [5.74, 6) is -0.117. The number of carbonyl (C=O) groups is 1. The van der Waals surface area contributed by atoms with Crippen LogP contribution in [0.1, 0.15) is 21.7 Å². The molecule has 0 bridgehead atoms. The Kier molecular flexibility index (Phi) is 5.51. The molecule has 142 valence electrons. The average molecular weight is 395 g/mol. The van der Waals surface area contributed by atoms with Gasteiger partial charge in [0.2, 0.25) is 0 Å². The number of nitro groups is 1. The van der Waals surface area contributed by atoms with Crippen molar-refractivity contribution in [2.45, 2.75) is 13.8 Å². The van der Waals surface area contributed by atoms with Gasteiger partial charge in [0.1, 0.15) is 5.76 Å². The summed E-state index contributed by atoms with van der Waals surface area (Å²) in [5, 5.41) is 16.6. The highest BCUT2D eigenvalue weighted by molar-refractivity contribution is 7.80. The van der Waals surface area contributed by atoms with Crippen molar-refractivity contribution < 1.29 is 14.1 Å². The quantitative estimate of drug-likeness (QED) is 0.381. The van der Waals surface area contributed by atoms with E-state index < -0.39 is 10.8 Å². The number of amides is 1. The Balaban J connectivity index is 1.70. The molecule has 1 aromatic heterocycles. The molecule has 0 aliphatic heterocycles. The molecule has 0 radical (unpaired) electrons. The van der Waals surface area contributed by atoms with Gasteiger partial charge in [-0.1, -0.05) is 24.3 Å². The number of rotatable bonds is 4. The van der Waals surface area contributed by atoms with E-state index >= 15 is 0 Å². The van der Waals surface area contributed by atoms with Crippen molar-refractivity contribution in [2.75, 3.05) is 5.32 Å². The second-order valence-corrected chi connectivity index (χ2v) is 6.61. The van der Waals surface area contributed by atoms with Gasteiger partial charge in [0.15, 0.2) is 10.9 Å². The number of hydrogen-bond acceptors (Lipinski definition) is 5. The van der Waals surface area contributed by atoms with Crippen molar-refractivity contribution in [3.8, 4) is 11.3 Å². The van der Waals surface area contributed by atoms with Crippen molar-refractivity contribution in [1.29, 1.82) is 0 Å². The van der Waals surface area contributed by atoms with Gasteiger partial charge < -0.3 is 9.73 Å². The number of nitrogens with one attached hydrogen (secondary N) is 2. The minimum absolute atomic E-state index is 0.0478. The van der Waals surface area contributed by atoms with Gasteiger partial charge in [0, 0.05) is 23.4 Å². The lowest BCUT2D eigenvalue weighted by atomic mass is 10.1. The topological polar surface area (TPSA) is 97.4 Å². The predicted molar refractivity (Wildman–Crippen MR) is 110 cm³/mol. The summed E-state index contributed by atoms with van der Waals surface area (Å²) in [5.41, 5.74) is 3.31. The fourth-order valence-electron chi connectivity index (χ4n) is 2.58. The molecule has 1 amide bonds. The van der Waals surface area contributed by atoms with Crippen LogP contribution < -0.4 is 10.6 Å². The third-order valence-electron chi connectivity index (χ3n) is 4.04. The Morgan fingerprint density at radius 1 is 1.11 bits per heavy atom. The Labute approximate surface area is 166 Å². The second kappa shape index (κ2) is 8.01. The summed E-state index contributed by atoms with van der Waals surface area (Å²) in [7, 11) is 0. The molecule has 2 N–H and O–H groups in total. The fourth-order valence-corrected chi connectivity index (χ4v) is 2.78. The van der Waals surface area contributed by atoms with E-state index in [9.17, 15) is 14.9 Å². The van der Waals surface area contributed by atoms with E-state index in [1.165, 1.54) is 18.2 Å². The number of thiocarbonyl (C=S) groups is 1. The zero-order valence-electron chi connectivity index (χ0n) is 15.2. The van der Waals surface area contributed by atoms with Crippen LogP contribution in [-0.2, 0) is 0 Å². The molecular weight excluding hydrogens is 378 g/mol. The third kappa shape index (κ3) is 4.41. The van der Waals surface area contributed by atoms with Crippen LogP contribution in [0.4, 0.5) is 11.4 Å². The summed E-state index contributed by atoms with van der Waals surface area (Å²) in [6.45, 7) is 3.90. The van der Waals surface area contributed by atoms with Gasteiger partial charge in [-0.2, -0.15) is 0 Å². The molecule has 1 heterocycles. The van der Waals surface area contributed by atoms with Gasteiger partial charge >= 0.3 is 0 Å². The molecule has 7 nitrogen and oxygen atoms in total. The van der Waals surface area contributed by atoms with Gasteiger partial charge in [0.25, 0.3) is 11.6 Å². The Morgan fingerprint density at radius 2 is 1.89 bits per heavy atom. The normalized spacial score (nSPS) is 10.4. The minimum Gasteiger partial charge on any atom is -0.451 e. The highest BCUT2D eigenvalue weighted by Crippen LogP contribution is 2.25. The lowest BCUT2D eigenvalue weighted by Crippen LogP contribution is -2.34. The highest BCUT2D eigenvalue weighted by Gasteiger charge is 2.15. The van der Waals surface area contributed by atoms with Crippen LogP contribution in [-0.4, -0.2) is 15.9 Å². The molecule has 0 aliphatic rings. The average Bonchev–Trinajstić information content (AvgIpc) is 3.15. The Morgan fingerprint density at radius 3 is 2.64 bits per heavy atom. The maximum absolute atomic E-state index is 12.4. The number of hydrogen-bond donors (Lipinski definition) is 2. The van der Waals surface area contributed by atoms with Crippen LogP contribution in [0, 0.1) is 24.0 Å². The summed E-state index contributed by atoms with van der Waals surface area (Å²) in [6.07, 6.45) is 0. The zero-order chi connectivity index (χ0) is 20.3. The van der Waals surface area contributed by atoms with E-state index in [1.54, 1.807) is 18.2 Å². The van der Waals surface area contributed by atoms with Gasteiger partial charge in [-0.15, -0.1) is 0 Å². The number of aryl methyl sites for hydroxylation is 2. The smallest absolute Gasteiger partial charge is 0.293 e. The van der Waals surface area contributed by atoms with Gasteiger partial charge in [-0.3, -0.25) is 20.2 Å². The van der Waals surface area contributed by atoms with Crippen LogP contribution in [0.2, 0.25) is 0 Å². The maximum atomic E-state index is 12.4. The molecule has 0 spiro atoms. The van der Waals surface area contributed by atoms with Crippen molar-refractivity contribution in [1.82, 2.24) is 5.32 Å². The van der Waals surface area contributed by atoms with Gasteiger partial charge in [-0.05, 0) is 55.4 Å². The van der Waals surface area contributed by atoms with Crippen molar-refractivity contribution >= 4 is 34.6 Å². The van der Waals surface area contributed by atoms with E-state index in [-0.39, 0.29) is 16.6 Å². The fraction of sp³-hybridized carbons (Fsp3) is 0.100. The number of carbonyl (C=O) groups excluding carboxylic acids is 1. The molecule has 8 heteroatoms. The largest absolute Gasteiger partial charge is 0.451 e. The molecule has 0 saturated carbocycles. The first kappa shape index (κ1) is 19.2. The summed E-state index contributed by atoms with van der Waals surface area (Å²) < 4.78 is 5.54. The van der Waals surface area contributed by atoms with Gasteiger partial charge in [-0.25, -0.2) is 0 Å². The zero-order valence-corrected chi connectivity index (χ0v) is 16.0. The van der Waals surface area contributed by atoms with E-state index in [0.29, 0.717) is 11.3 Å². The molecule has 0 fully saturated rings. The molecule has 28 heavy (non-hydrogen) atoms. The first-order chi connectivity index (χ1) is 13.3. The van der Waals surface area contributed by atoms with Crippen LogP contribution in [0.25, 0.3) is 11.3 Å². The van der Waals surface area contributed by atoms with Crippen LogP contribution >= 0.6 is 12.2 Å². The molecule has 3 rings (SSSR count). The minimum atomic E-state index is -0.514. The van der Waals surface area contributed by atoms with Crippen molar-refractivity contribution in [3.05, 3.63) is 81.6 Å². The van der Waals surface area contributed by atoms with E-state index in [2.05, 4.69) is 10.6 Å². The van der Waals surface area contributed by atoms with E-state index in [0.717, 1.165) is 16.8 Å². The summed E-state index contributed by atoms with van der Waals surface area (Å²) in [6, 6.07) is 14.9. The van der Waals surface area contributed by atoms with Crippen LogP contribution in [0.15, 0.2) is 59.0 Å². The van der Waals surface area contributed by atoms with Crippen LogP contribution in [0.5, 0.6) is 0 Å². The molecule has 3 aromatic rings. The number of furan rings is 1. The van der Waals surface area contributed by atoms with Crippen LogP contribution in [0.3, 0.4) is 0 Å². The second-order valence-electron chi connectivity index (χ2n) is 6.20. The first-order valence-corrected chi connectivity index (χ1v) is 8.78. The number of anilines is 1. The summed E-state index contributed by atoms with van der Waals surface area (Å²) in [4.78, 5) is 22.8. The van der Waals surface area contributed by atoms with Crippen molar-refractivity contribution in [2.24, 2.45) is 0 Å². The third-order valence-corrected chi connectivity index (χ3v) is 4.24. The lowest BCUT2D eigenvalue weighted by Gasteiger charge is -2.11. The molecule has 0 aliphatic carbocycles. The lowest BCUT2D eigenvalue weighted by molar-refractivity contribution is -0.384. The number of benzene rings is 2. The SMILES string of the molecule is Cc1ccc(C)c(NC(=S)NC(=O)c2ccc(-c3cccc([N+](=O)[O-])c3)o2)c1. The van der Waals surface area contributed by atoms with E-state index in [1.807, 2.05) is 32.0 Å². The molecule has 0 saturated heterocycles. The molecule has 0 unspecified atom stereocenters. The standard InChI is InChI=1S/C20H17N3O4S/c1-12-6-7-13(2)16(10-12)21-20(28)22-19(24)18-9-8-17(27-18)14-4-3-5-15(11-14)23(25)26/h3-11H,1-2H3,(H2,21,22,24,28). The number of nitro benzene ring substituents is 1. The number of nitrogens with zero attached hydrogens (tertiary/aromatic N) is 1.